The van der Waals surface area contributed by atoms with Gasteiger partial charge in [0.05, 0.1) is 23.1 Å². The molecule has 2 aromatic rings. The molecule has 0 bridgehead atoms. The van der Waals surface area contributed by atoms with Crippen molar-refractivity contribution in [2.75, 3.05) is 6.54 Å². The molecule has 1 fully saturated rings. The highest BCUT2D eigenvalue weighted by Crippen LogP contribution is 2.27. The van der Waals surface area contributed by atoms with Crippen molar-refractivity contribution >= 4 is 17.7 Å². The standard InChI is InChI=1S/C18H22N2O3S/c1-12-9-14(23-20-12)11-24-17-8-3-2-6-15(17)18(22)19-10-13-5-4-7-16(13)21/h2-3,6,8-9,13,16,21H,4-5,7,10-11H2,1H3,(H,19,22). The maximum Gasteiger partial charge on any atom is 0.252 e. The minimum absolute atomic E-state index is 0.0917. The molecule has 1 aliphatic rings. The number of hydrogen-bond donors (Lipinski definition) is 2. The maximum absolute atomic E-state index is 12.5. The van der Waals surface area contributed by atoms with Crippen LogP contribution in [0.25, 0.3) is 0 Å². The molecule has 128 valence electrons. The van der Waals surface area contributed by atoms with Crippen molar-refractivity contribution in [3.05, 3.63) is 47.3 Å². The van der Waals surface area contributed by atoms with Crippen molar-refractivity contribution in [3.8, 4) is 0 Å². The lowest BCUT2D eigenvalue weighted by atomic mass is 10.1. The third-order valence-electron chi connectivity index (χ3n) is 4.32. The topological polar surface area (TPSA) is 75.4 Å². The van der Waals surface area contributed by atoms with Crippen LogP contribution in [0.5, 0.6) is 0 Å². The summed E-state index contributed by atoms with van der Waals surface area (Å²) in [4.78, 5) is 13.4. The van der Waals surface area contributed by atoms with Crippen LogP contribution in [-0.4, -0.2) is 28.8 Å². The van der Waals surface area contributed by atoms with E-state index >= 15 is 0 Å². The number of aryl methyl sites for hydroxylation is 1. The smallest absolute Gasteiger partial charge is 0.252 e. The zero-order chi connectivity index (χ0) is 16.9. The summed E-state index contributed by atoms with van der Waals surface area (Å²) in [5, 5.41) is 16.7. The Balaban J connectivity index is 1.61. The number of carbonyl (C=O) groups excluding carboxylic acids is 1. The highest BCUT2D eigenvalue weighted by Gasteiger charge is 2.25. The monoisotopic (exact) mass is 346 g/mol. The number of nitrogens with zero attached hydrogens (tertiary/aromatic N) is 1. The number of benzene rings is 1. The van der Waals surface area contributed by atoms with Gasteiger partial charge in [-0.25, -0.2) is 0 Å². The van der Waals surface area contributed by atoms with Gasteiger partial charge in [-0.05, 0) is 31.9 Å². The number of aliphatic hydroxyl groups is 1. The van der Waals surface area contributed by atoms with E-state index in [2.05, 4.69) is 10.5 Å². The Kier molecular flexibility index (Phi) is 5.58. The fourth-order valence-electron chi connectivity index (χ4n) is 2.99. The molecule has 2 atom stereocenters. The van der Waals surface area contributed by atoms with Gasteiger partial charge in [-0.2, -0.15) is 0 Å². The fourth-order valence-corrected chi connectivity index (χ4v) is 3.91. The van der Waals surface area contributed by atoms with Crippen LogP contribution < -0.4 is 5.32 Å². The third-order valence-corrected chi connectivity index (χ3v) is 5.42. The number of rotatable bonds is 6. The predicted octanol–water partition coefficient (Wildman–Crippen LogP) is 3.17. The van der Waals surface area contributed by atoms with Crippen LogP contribution in [0.2, 0.25) is 0 Å². The molecule has 0 radical (unpaired) electrons. The maximum atomic E-state index is 12.5. The lowest BCUT2D eigenvalue weighted by molar-refractivity contribution is 0.0914. The predicted molar refractivity (Wildman–Crippen MR) is 92.9 cm³/mol. The quantitative estimate of drug-likeness (QED) is 0.786. The first kappa shape index (κ1) is 17.0. The second-order valence-electron chi connectivity index (χ2n) is 6.19. The van der Waals surface area contributed by atoms with E-state index in [4.69, 9.17) is 4.52 Å². The summed E-state index contributed by atoms with van der Waals surface area (Å²) in [6.07, 6.45) is 2.56. The van der Waals surface area contributed by atoms with Crippen LogP contribution >= 0.6 is 11.8 Å². The normalized spacial score (nSPS) is 20.2. The fraction of sp³-hybridized carbons (Fsp3) is 0.444. The van der Waals surface area contributed by atoms with Crippen molar-refractivity contribution in [1.82, 2.24) is 10.5 Å². The number of amides is 1. The molecular weight excluding hydrogens is 324 g/mol. The highest BCUT2D eigenvalue weighted by molar-refractivity contribution is 7.98. The Morgan fingerprint density at radius 2 is 2.25 bits per heavy atom. The molecule has 1 amide bonds. The Morgan fingerprint density at radius 3 is 2.96 bits per heavy atom. The van der Waals surface area contributed by atoms with Crippen LogP contribution in [0.15, 0.2) is 39.8 Å². The number of thioether (sulfide) groups is 1. The first-order valence-electron chi connectivity index (χ1n) is 8.24. The van der Waals surface area contributed by atoms with Crippen molar-refractivity contribution in [2.24, 2.45) is 5.92 Å². The third kappa shape index (κ3) is 4.19. The van der Waals surface area contributed by atoms with E-state index in [1.807, 2.05) is 37.3 Å². The SMILES string of the molecule is Cc1cc(CSc2ccccc2C(=O)NCC2CCCC2O)on1. The molecule has 1 saturated carbocycles. The average molecular weight is 346 g/mol. The van der Waals surface area contributed by atoms with E-state index in [1.165, 1.54) is 0 Å². The summed E-state index contributed by atoms with van der Waals surface area (Å²) >= 11 is 1.56. The van der Waals surface area contributed by atoms with E-state index in [0.29, 0.717) is 17.9 Å². The Labute approximate surface area is 145 Å². The minimum atomic E-state index is -0.287. The second kappa shape index (κ2) is 7.85. The molecule has 1 heterocycles. The molecule has 24 heavy (non-hydrogen) atoms. The van der Waals surface area contributed by atoms with Gasteiger partial charge in [0.15, 0.2) is 0 Å². The first-order chi connectivity index (χ1) is 11.6. The van der Waals surface area contributed by atoms with Crippen LogP contribution in [0, 0.1) is 12.8 Å². The van der Waals surface area contributed by atoms with Crippen LogP contribution in [0.1, 0.15) is 41.1 Å². The van der Waals surface area contributed by atoms with E-state index in [-0.39, 0.29) is 17.9 Å². The largest absolute Gasteiger partial charge is 0.393 e. The van der Waals surface area contributed by atoms with Gasteiger partial charge in [-0.3, -0.25) is 4.79 Å². The van der Waals surface area contributed by atoms with Crippen molar-refractivity contribution < 1.29 is 14.4 Å². The zero-order valence-corrected chi connectivity index (χ0v) is 14.5. The molecule has 0 aliphatic heterocycles. The number of nitrogens with one attached hydrogen (secondary N) is 1. The number of aliphatic hydroxyl groups excluding tert-OH is 1. The first-order valence-corrected chi connectivity index (χ1v) is 9.22. The summed E-state index contributed by atoms with van der Waals surface area (Å²) in [5.74, 6) is 1.51. The molecule has 1 aromatic carbocycles. The van der Waals surface area contributed by atoms with E-state index < -0.39 is 0 Å². The lowest BCUT2D eigenvalue weighted by Crippen LogP contribution is -2.32. The molecule has 1 aromatic heterocycles. The number of hydrogen-bond acceptors (Lipinski definition) is 5. The zero-order valence-electron chi connectivity index (χ0n) is 13.7. The molecule has 5 nitrogen and oxygen atoms in total. The summed E-state index contributed by atoms with van der Waals surface area (Å²) in [6, 6.07) is 9.45. The van der Waals surface area contributed by atoms with E-state index in [0.717, 1.165) is 35.6 Å². The Hall–Kier alpha value is -1.79. The second-order valence-corrected chi connectivity index (χ2v) is 7.20. The molecule has 0 saturated heterocycles. The van der Waals surface area contributed by atoms with Gasteiger partial charge in [-0.15, -0.1) is 11.8 Å². The van der Waals surface area contributed by atoms with Gasteiger partial charge in [0.25, 0.3) is 5.91 Å². The summed E-state index contributed by atoms with van der Waals surface area (Å²) in [5.41, 5.74) is 1.51. The molecule has 0 spiro atoms. The van der Waals surface area contributed by atoms with Gasteiger partial charge in [-0.1, -0.05) is 23.7 Å². The molecular formula is C18H22N2O3S. The van der Waals surface area contributed by atoms with E-state index in [9.17, 15) is 9.90 Å². The molecule has 2 N–H and O–H groups in total. The summed E-state index contributed by atoms with van der Waals surface area (Å²) in [6.45, 7) is 2.41. The Bertz CT molecular complexity index is 701. The van der Waals surface area contributed by atoms with Gasteiger partial charge < -0.3 is 14.9 Å². The Morgan fingerprint density at radius 1 is 1.42 bits per heavy atom. The number of aromatic nitrogens is 1. The van der Waals surface area contributed by atoms with E-state index in [1.54, 1.807) is 11.8 Å². The van der Waals surface area contributed by atoms with Crippen molar-refractivity contribution in [3.63, 3.8) is 0 Å². The summed E-state index contributed by atoms with van der Waals surface area (Å²) in [7, 11) is 0. The van der Waals surface area contributed by atoms with Crippen LogP contribution in [0.4, 0.5) is 0 Å². The highest BCUT2D eigenvalue weighted by atomic mass is 32.2. The number of carbonyl (C=O) groups is 1. The molecule has 3 rings (SSSR count). The molecule has 2 unspecified atom stereocenters. The molecule has 6 heteroatoms. The molecule has 1 aliphatic carbocycles. The minimum Gasteiger partial charge on any atom is -0.393 e. The van der Waals surface area contributed by atoms with Gasteiger partial charge in [0, 0.05) is 23.4 Å². The van der Waals surface area contributed by atoms with Gasteiger partial charge in [0.1, 0.15) is 5.76 Å². The average Bonchev–Trinajstić information content (AvgIpc) is 3.19. The van der Waals surface area contributed by atoms with Crippen molar-refractivity contribution in [1.29, 1.82) is 0 Å². The van der Waals surface area contributed by atoms with Crippen LogP contribution in [0.3, 0.4) is 0 Å². The van der Waals surface area contributed by atoms with Crippen molar-refractivity contribution in [2.45, 2.75) is 42.9 Å². The van der Waals surface area contributed by atoms with Gasteiger partial charge >= 0.3 is 0 Å². The van der Waals surface area contributed by atoms with Crippen LogP contribution in [-0.2, 0) is 5.75 Å². The van der Waals surface area contributed by atoms with Gasteiger partial charge in [0.2, 0.25) is 0 Å². The summed E-state index contributed by atoms with van der Waals surface area (Å²) < 4.78 is 5.21. The lowest BCUT2D eigenvalue weighted by Gasteiger charge is -2.16.